The summed E-state index contributed by atoms with van der Waals surface area (Å²) in [7, 11) is -4.56. The first-order valence-electron chi connectivity index (χ1n) is 15.9. The number of rotatable bonds is 8. The zero-order chi connectivity index (χ0) is 33.4. The lowest BCUT2D eigenvalue weighted by atomic mass is 10.0. The second-order valence-electron chi connectivity index (χ2n) is 11.9. The number of ether oxygens (including phenoxy) is 1. The molecule has 7 aromatic rings. The van der Waals surface area contributed by atoms with Gasteiger partial charge in [-0.05, 0) is 58.1 Å². The van der Waals surface area contributed by atoms with Crippen LogP contribution < -0.4 is 14.2 Å². The first kappa shape index (κ1) is 30.4. The van der Waals surface area contributed by atoms with Gasteiger partial charge in [-0.15, -0.1) is 0 Å². The molecule has 0 fully saturated rings. The topological polar surface area (TPSA) is 86.7 Å². The number of anilines is 1. The molecule has 2 heterocycles. The quantitative estimate of drug-likeness (QED) is 0.120. The Morgan fingerprint density at radius 3 is 1.92 bits per heavy atom. The lowest BCUT2D eigenvalue weighted by molar-refractivity contribution is -0.669. The lowest BCUT2D eigenvalue weighted by Crippen LogP contribution is -2.36. The molecule has 7 nitrogen and oxygen atoms in total. The van der Waals surface area contributed by atoms with E-state index < -0.39 is 10.1 Å². The van der Waals surface area contributed by atoms with Crippen LogP contribution in [0.2, 0.25) is 0 Å². The molecule has 240 valence electrons. The summed E-state index contributed by atoms with van der Waals surface area (Å²) in [5, 5.41) is 0. The molecule has 0 N–H and O–H groups in total. The molecule has 8 rings (SSSR count). The van der Waals surface area contributed by atoms with Crippen LogP contribution in [0.5, 0.6) is 5.75 Å². The monoisotopic (exact) mass is 662 g/mol. The number of oxazole rings is 1. The number of fused-ring (bicyclic) bond motifs is 2. The van der Waals surface area contributed by atoms with Crippen LogP contribution in [0.15, 0.2) is 167 Å². The van der Waals surface area contributed by atoms with Crippen LogP contribution in [0.25, 0.3) is 39.4 Å². The molecule has 6 aromatic carbocycles. The van der Waals surface area contributed by atoms with E-state index in [1.165, 1.54) is 12.1 Å². The molecule has 0 spiro atoms. The second kappa shape index (κ2) is 12.6. The predicted molar refractivity (Wildman–Crippen MR) is 188 cm³/mol. The molecule has 0 saturated heterocycles. The molecule has 0 saturated carbocycles. The van der Waals surface area contributed by atoms with Gasteiger partial charge in [0.2, 0.25) is 11.5 Å². The Morgan fingerprint density at radius 1 is 0.653 bits per heavy atom. The smallest absolute Gasteiger partial charge is 0.379 e. The van der Waals surface area contributed by atoms with Gasteiger partial charge in [-0.2, -0.15) is 4.57 Å². The number of hydrogen-bond donors (Lipinski definition) is 0. The average Bonchev–Trinajstić information content (AvgIpc) is 3.65. The Kier molecular flexibility index (Phi) is 7.80. The van der Waals surface area contributed by atoms with E-state index in [-0.39, 0.29) is 4.90 Å². The van der Waals surface area contributed by atoms with Crippen molar-refractivity contribution < 1.29 is 26.7 Å². The maximum absolute atomic E-state index is 11.6. The van der Waals surface area contributed by atoms with Crippen molar-refractivity contribution in [2.24, 2.45) is 0 Å². The van der Waals surface area contributed by atoms with E-state index in [0.29, 0.717) is 30.6 Å². The van der Waals surface area contributed by atoms with Crippen molar-refractivity contribution in [3.05, 3.63) is 175 Å². The highest BCUT2D eigenvalue weighted by Gasteiger charge is 2.31. The summed E-state index contributed by atoms with van der Waals surface area (Å²) in [5.41, 5.74) is 8.75. The molecule has 49 heavy (non-hydrogen) atoms. The van der Waals surface area contributed by atoms with E-state index in [4.69, 9.17) is 9.15 Å². The lowest BCUT2D eigenvalue weighted by Gasteiger charge is -2.19. The highest BCUT2D eigenvalue weighted by molar-refractivity contribution is 7.85. The third kappa shape index (κ3) is 6.23. The minimum Gasteiger partial charge on any atom is -0.744 e. The Labute approximate surface area is 284 Å². The summed E-state index contributed by atoms with van der Waals surface area (Å²) in [6.07, 6.45) is 1.91. The molecule has 0 aliphatic carbocycles. The first-order valence-corrected chi connectivity index (χ1v) is 17.3. The van der Waals surface area contributed by atoms with Gasteiger partial charge in [-0.25, -0.2) is 8.42 Å². The summed E-state index contributed by atoms with van der Waals surface area (Å²) in [6.45, 7) is 0.925. The largest absolute Gasteiger partial charge is 0.744 e. The van der Waals surface area contributed by atoms with E-state index >= 15 is 0 Å². The van der Waals surface area contributed by atoms with E-state index in [1.54, 1.807) is 12.1 Å². The highest BCUT2D eigenvalue weighted by Crippen LogP contribution is 2.43. The number of nitrogens with zero attached hydrogens (tertiary/aromatic N) is 2. The van der Waals surface area contributed by atoms with Gasteiger partial charge < -0.3 is 18.6 Å². The summed E-state index contributed by atoms with van der Waals surface area (Å²) in [6, 6.07) is 48.9. The summed E-state index contributed by atoms with van der Waals surface area (Å²) in [5.74, 6) is 1.83. The predicted octanol–water partition coefficient (Wildman–Crippen LogP) is 8.40. The van der Waals surface area contributed by atoms with E-state index in [0.717, 1.165) is 50.2 Å². The van der Waals surface area contributed by atoms with E-state index in [1.807, 2.05) is 83.8 Å². The van der Waals surface area contributed by atoms with Crippen LogP contribution in [0, 0.1) is 0 Å². The van der Waals surface area contributed by atoms with Crippen LogP contribution >= 0.6 is 0 Å². The molecule has 1 aliphatic rings. The van der Waals surface area contributed by atoms with Gasteiger partial charge in [-0.1, -0.05) is 115 Å². The highest BCUT2D eigenvalue weighted by atomic mass is 32.2. The fourth-order valence-corrected chi connectivity index (χ4v) is 6.65. The normalized spacial score (nSPS) is 13.5. The fraction of sp³-hybridized carbons (Fsp3) is 0.0488. The molecule has 0 radical (unpaired) electrons. The summed E-state index contributed by atoms with van der Waals surface area (Å²) < 4.78 is 50.1. The molecule has 0 bridgehead atoms. The fourth-order valence-electron chi connectivity index (χ4n) is 6.18. The van der Waals surface area contributed by atoms with E-state index in [2.05, 4.69) is 59.2 Å². The van der Waals surface area contributed by atoms with Crippen molar-refractivity contribution in [3.63, 3.8) is 0 Å². The number of hydrogen-bond acceptors (Lipinski definition) is 6. The zero-order valence-electron chi connectivity index (χ0n) is 26.3. The molecular weight excluding hydrogens is 633 g/mol. The maximum Gasteiger partial charge on any atom is 0.379 e. The molecular formula is C41H30N2O5S. The first-order chi connectivity index (χ1) is 23.9. The minimum absolute atomic E-state index is 0.268. The van der Waals surface area contributed by atoms with Gasteiger partial charge in [0.05, 0.1) is 17.1 Å². The van der Waals surface area contributed by atoms with Crippen molar-refractivity contribution in [2.75, 3.05) is 4.90 Å². The van der Waals surface area contributed by atoms with Crippen molar-refractivity contribution in [2.45, 2.75) is 18.0 Å². The molecule has 1 aromatic heterocycles. The van der Waals surface area contributed by atoms with Crippen molar-refractivity contribution >= 4 is 33.0 Å². The van der Waals surface area contributed by atoms with Crippen LogP contribution in [0.3, 0.4) is 0 Å². The minimum atomic E-state index is -4.56. The Bertz CT molecular complexity index is 2420. The molecule has 0 atom stereocenters. The third-order valence-electron chi connectivity index (χ3n) is 8.66. The Hall–Kier alpha value is -5.96. The van der Waals surface area contributed by atoms with Gasteiger partial charge in [0.1, 0.15) is 16.2 Å². The van der Waals surface area contributed by atoms with Gasteiger partial charge >= 0.3 is 5.89 Å². The number of benzene rings is 6. The average molecular weight is 663 g/mol. The third-order valence-corrected chi connectivity index (χ3v) is 9.51. The zero-order valence-corrected chi connectivity index (χ0v) is 27.1. The SMILES string of the molecule is O=S(=O)([O-])c1ccc(CN2C(=Cc3oc4ccc(-c5ccccc5)cc4[n+]3Cc3ccccc3)Oc3ccc(-c4ccccc4)cc32)cc1. The van der Waals surface area contributed by atoms with Gasteiger partial charge in [0, 0.05) is 11.6 Å². The summed E-state index contributed by atoms with van der Waals surface area (Å²) >= 11 is 0. The maximum atomic E-state index is 11.6. The summed E-state index contributed by atoms with van der Waals surface area (Å²) in [4.78, 5) is 1.77. The molecule has 1 aliphatic heterocycles. The van der Waals surface area contributed by atoms with Gasteiger partial charge in [-0.3, -0.25) is 0 Å². The van der Waals surface area contributed by atoms with Crippen molar-refractivity contribution in [1.82, 2.24) is 0 Å². The van der Waals surface area contributed by atoms with Crippen LogP contribution in [0.1, 0.15) is 17.0 Å². The molecule has 8 heteroatoms. The van der Waals surface area contributed by atoms with Gasteiger partial charge in [0.15, 0.2) is 12.3 Å². The number of aromatic nitrogens is 1. The Morgan fingerprint density at radius 2 is 1.27 bits per heavy atom. The van der Waals surface area contributed by atoms with Crippen LogP contribution in [-0.4, -0.2) is 13.0 Å². The van der Waals surface area contributed by atoms with Crippen molar-refractivity contribution in [3.8, 4) is 28.0 Å². The second-order valence-corrected chi connectivity index (χ2v) is 13.3. The van der Waals surface area contributed by atoms with Crippen molar-refractivity contribution in [1.29, 1.82) is 0 Å². The Balaban J connectivity index is 1.25. The van der Waals surface area contributed by atoms with Crippen LogP contribution in [0.4, 0.5) is 5.69 Å². The molecule has 0 unspecified atom stereocenters. The van der Waals surface area contributed by atoms with E-state index in [9.17, 15) is 13.0 Å². The van der Waals surface area contributed by atoms with Gasteiger partial charge in [0.25, 0.3) is 5.52 Å². The van der Waals surface area contributed by atoms with Crippen LogP contribution in [-0.2, 0) is 23.2 Å². The molecule has 0 amide bonds. The standard InChI is InChI=1S/C41H30N2O5S/c44-49(45,46)35-20-16-30(17-21-35)28-43-37-25-34(32-14-8-3-9-15-32)19-23-39(37)48-41(43)26-40-42(27-29-10-4-1-5-11-29)36-24-33(18-22-38(36)47-40)31-12-6-2-7-13-31/h1-26H,27-28H2.